The maximum atomic E-state index is 2.53. The fourth-order valence-electron chi connectivity index (χ4n) is 6.85. The lowest BCUT2D eigenvalue weighted by atomic mass is 9.79. The molecule has 4 heterocycles. The van der Waals surface area contributed by atoms with Crippen molar-refractivity contribution in [3.8, 4) is 22.5 Å². The number of benzene rings is 3. The zero-order valence-electron chi connectivity index (χ0n) is 24.5. The van der Waals surface area contributed by atoms with Gasteiger partial charge in [-0.25, -0.2) is 0 Å². The molecule has 3 aromatic carbocycles. The summed E-state index contributed by atoms with van der Waals surface area (Å²) in [4.78, 5) is 2.13. The van der Waals surface area contributed by atoms with Gasteiger partial charge in [0.2, 0.25) is 17.1 Å². The molecule has 0 spiro atoms. The molecule has 0 N–H and O–H groups in total. The van der Waals surface area contributed by atoms with Gasteiger partial charge in [-0.3, -0.25) is 0 Å². The topological polar surface area (TPSA) is 11.0 Å². The number of nitrogens with zero attached hydrogens (tertiary/aromatic N) is 3. The van der Waals surface area contributed by atoms with Gasteiger partial charge in [0.15, 0.2) is 19.3 Å². The fourth-order valence-corrected chi connectivity index (χ4v) is 6.85. The van der Waals surface area contributed by atoms with E-state index in [1.165, 1.54) is 72.5 Å². The number of anilines is 1. The van der Waals surface area contributed by atoms with Gasteiger partial charge >= 0.3 is 0 Å². The first-order valence-corrected chi connectivity index (χ1v) is 14.7. The molecular weight excluding hydrogens is 498 g/mol. The van der Waals surface area contributed by atoms with Crippen LogP contribution in [0.15, 0.2) is 91.1 Å². The van der Waals surface area contributed by atoms with E-state index in [9.17, 15) is 0 Å². The molecule has 3 heteroatoms. The first kappa shape index (κ1) is 25.5. The van der Waals surface area contributed by atoms with Crippen molar-refractivity contribution in [3.63, 3.8) is 0 Å². The lowest BCUT2D eigenvalue weighted by molar-refractivity contribution is -0.690. The van der Waals surface area contributed by atoms with Crippen LogP contribution in [0.1, 0.15) is 33.5 Å². The van der Waals surface area contributed by atoms with Gasteiger partial charge in [-0.05, 0) is 71.3 Å². The normalized spacial score (nSPS) is 13.8. The standard InChI is InChI=1S/C38H37N3/c1-26-27(2)33-21-24-40-23-20-29-11-6-8-14-34(29)38(40)37(33)36-32(26)22-25-41-31(13-9-15-35(36)41)12-7-5-10-28-16-18-30(19-17-28)39(3)4/h5-20,23H,21-22,24-25H2,1-4H3/q+2. The summed E-state index contributed by atoms with van der Waals surface area (Å²) in [5, 5.41) is 2.65. The Kier molecular flexibility index (Phi) is 6.31. The van der Waals surface area contributed by atoms with Gasteiger partial charge in [-0.2, -0.15) is 9.13 Å². The van der Waals surface area contributed by atoms with Crippen molar-refractivity contribution in [2.24, 2.45) is 0 Å². The largest absolute Gasteiger partial charge is 0.378 e. The molecule has 0 bridgehead atoms. The minimum Gasteiger partial charge on any atom is -0.378 e. The number of aromatic nitrogens is 2. The molecule has 0 aliphatic carbocycles. The molecule has 0 saturated carbocycles. The molecule has 202 valence electrons. The second-order valence-electron chi connectivity index (χ2n) is 11.6. The van der Waals surface area contributed by atoms with Crippen LogP contribution >= 0.6 is 0 Å². The summed E-state index contributed by atoms with van der Waals surface area (Å²) in [7, 11) is 4.14. The van der Waals surface area contributed by atoms with Crippen LogP contribution in [0.25, 0.3) is 45.4 Å². The number of pyridine rings is 2. The second-order valence-corrected chi connectivity index (χ2v) is 11.6. The predicted octanol–water partition coefficient (Wildman–Crippen LogP) is 7.27. The molecule has 5 aromatic rings. The summed E-state index contributed by atoms with van der Waals surface area (Å²) >= 11 is 0. The maximum absolute atomic E-state index is 2.53. The molecule has 2 aromatic heterocycles. The molecule has 41 heavy (non-hydrogen) atoms. The van der Waals surface area contributed by atoms with Crippen LogP contribution in [0.2, 0.25) is 0 Å². The Bertz CT molecular complexity index is 1870. The molecule has 2 aliphatic heterocycles. The van der Waals surface area contributed by atoms with Gasteiger partial charge in [0.05, 0.1) is 16.5 Å². The second kappa shape index (κ2) is 10.2. The van der Waals surface area contributed by atoms with Gasteiger partial charge in [0, 0.05) is 56.9 Å². The minimum atomic E-state index is 0.993. The lowest BCUT2D eigenvalue weighted by Gasteiger charge is -2.27. The van der Waals surface area contributed by atoms with Crippen molar-refractivity contribution in [1.82, 2.24) is 0 Å². The van der Waals surface area contributed by atoms with E-state index in [1.54, 1.807) is 0 Å². The molecule has 2 aliphatic rings. The SMILES string of the molecule is Cc1c(C)c2c(c3c1CC[n+]1ccc4ccccc4c1-3)-c1cccc(C=CC=Cc3ccc(N(C)C)cc3)[n+]1CC2. The summed E-state index contributed by atoms with van der Waals surface area (Å²) < 4.78 is 5.01. The Balaban J connectivity index is 1.34. The molecule has 0 atom stereocenters. The van der Waals surface area contributed by atoms with E-state index in [0.717, 1.165) is 25.9 Å². The van der Waals surface area contributed by atoms with Gasteiger partial charge in [-0.1, -0.05) is 48.6 Å². The van der Waals surface area contributed by atoms with Crippen LogP contribution in [0, 0.1) is 13.8 Å². The Morgan fingerprint density at radius 1 is 0.707 bits per heavy atom. The summed E-state index contributed by atoms with van der Waals surface area (Å²) in [5.74, 6) is 0. The lowest BCUT2D eigenvalue weighted by Crippen LogP contribution is -2.45. The number of aryl methyl sites for hydroxylation is 1. The number of allylic oxidation sites excluding steroid dienone is 2. The molecule has 7 rings (SSSR count). The minimum absolute atomic E-state index is 0.993. The maximum Gasteiger partial charge on any atom is 0.221 e. The van der Waals surface area contributed by atoms with E-state index in [1.807, 2.05) is 0 Å². The van der Waals surface area contributed by atoms with E-state index in [0.29, 0.717) is 0 Å². The van der Waals surface area contributed by atoms with Gasteiger partial charge < -0.3 is 4.90 Å². The predicted molar refractivity (Wildman–Crippen MR) is 171 cm³/mol. The highest BCUT2D eigenvalue weighted by Gasteiger charge is 2.37. The first-order valence-electron chi connectivity index (χ1n) is 14.7. The molecule has 0 fully saturated rings. The van der Waals surface area contributed by atoms with Crippen molar-refractivity contribution in [2.75, 3.05) is 19.0 Å². The summed E-state index contributed by atoms with van der Waals surface area (Å²) in [6.45, 7) is 6.71. The molecular formula is C38H37N3+2. The fraction of sp³-hybridized carbons (Fsp3) is 0.211. The van der Waals surface area contributed by atoms with E-state index < -0.39 is 0 Å². The zero-order chi connectivity index (χ0) is 28.1. The molecule has 3 nitrogen and oxygen atoms in total. The quantitative estimate of drug-likeness (QED) is 0.174. The van der Waals surface area contributed by atoms with E-state index in [4.69, 9.17) is 0 Å². The van der Waals surface area contributed by atoms with Crippen molar-refractivity contribution >= 4 is 28.6 Å². The Labute approximate surface area is 243 Å². The monoisotopic (exact) mass is 535 g/mol. The highest BCUT2D eigenvalue weighted by molar-refractivity contribution is 5.99. The molecule has 0 radical (unpaired) electrons. The van der Waals surface area contributed by atoms with Crippen LogP contribution < -0.4 is 14.0 Å². The van der Waals surface area contributed by atoms with Crippen molar-refractivity contribution in [2.45, 2.75) is 39.8 Å². The molecule has 0 amide bonds. The van der Waals surface area contributed by atoms with E-state index in [2.05, 4.69) is 145 Å². The molecule has 0 saturated heterocycles. The van der Waals surface area contributed by atoms with Crippen molar-refractivity contribution in [1.29, 1.82) is 0 Å². The third kappa shape index (κ3) is 4.28. The Morgan fingerprint density at radius 3 is 2.24 bits per heavy atom. The number of rotatable bonds is 4. The van der Waals surface area contributed by atoms with Crippen LogP contribution in [0.5, 0.6) is 0 Å². The average Bonchev–Trinajstić information content (AvgIpc) is 3.01. The van der Waals surface area contributed by atoms with Gasteiger partial charge in [0.1, 0.15) is 0 Å². The van der Waals surface area contributed by atoms with Crippen molar-refractivity contribution in [3.05, 3.63) is 125 Å². The van der Waals surface area contributed by atoms with Crippen LogP contribution in [0.3, 0.4) is 0 Å². The highest BCUT2D eigenvalue weighted by atomic mass is 15.1. The Hall–Kier alpha value is -4.50. The summed E-state index contributed by atoms with van der Waals surface area (Å²) in [5.41, 5.74) is 15.2. The van der Waals surface area contributed by atoms with E-state index in [-0.39, 0.29) is 0 Å². The highest BCUT2D eigenvalue weighted by Crippen LogP contribution is 2.44. The number of fused-ring (bicyclic) bond motifs is 9. The Morgan fingerprint density at radius 2 is 1.44 bits per heavy atom. The van der Waals surface area contributed by atoms with Gasteiger partial charge in [-0.15, -0.1) is 0 Å². The van der Waals surface area contributed by atoms with Crippen molar-refractivity contribution < 1.29 is 9.13 Å². The summed E-state index contributed by atoms with van der Waals surface area (Å²) in [6, 6.07) is 26.6. The van der Waals surface area contributed by atoms with Gasteiger partial charge in [0.25, 0.3) is 0 Å². The number of hydrogen-bond donors (Lipinski definition) is 0. The summed E-state index contributed by atoms with van der Waals surface area (Å²) in [6.07, 6.45) is 13.2. The number of hydrogen-bond acceptors (Lipinski definition) is 1. The zero-order valence-corrected chi connectivity index (χ0v) is 24.5. The van der Waals surface area contributed by atoms with Crippen LogP contribution in [-0.2, 0) is 25.9 Å². The average molecular weight is 536 g/mol. The third-order valence-corrected chi connectivity index (χ3v) is 9.14. The van der Waals surface area contributed by atoms with Crippen LogP contribution in [0.4, 0.5) is 5.69 Å². The molecule has 0 unspecified atom stereocenters. The van der Waals surface area contributed by atoms with Crippen LogP contribution in [-0.4, -0.2) is 14.1 Å². The first-order chi connectivity index (χ1) is 20.0. The third-order valence-electron chi connectivity index (χ3n) is 9.14. The van der Waals surface area contributed by atoms with E-state index >= 15 is 0 Å². The smallest absolute Gasteiger partial charge is 0.221 e.